The minimum absolute atomic E-state index is 0.182. The maximum absolute atomic E-state index is 9.72. The summed E-state index contributed by atoms with van der Waals surface area (Å²) in [4.78, 5) is 13.7. The summed E-state index contributed by atoms with van der Waals surface area (Å²) in [6.45, 7) is 3.21. The van der Waals surface area contributed by atoms with Gasteiger partial charge in [0.15, 0.2) is 0 Å². The predicted octanol–water partition coefficient (Wildman–Crippen LogP) is 3.30. The molecule has 0 saturated carbocycles. The number of aromatic nitrogens is 2. The van der Waals surface area contributed by atoms with Gasteiger partial charge in [0.2, 0.25) is 0 Å². The normalized spacial score (nSPS) is 20.7. The molecule has 0 radical (unpaired) electrons. The second-order valence-corrected chi connectivity index (χ2v) is 8.24. The molecule has 29 heavy (non-hydrogen) atoms. The summed E-state index contributed by atoms with van der Waals surface area (Å²) in [6.07, 6.45) is 8.53. The molecule has 3 heterocycles. The molecule has 2 fully saturated rings. The number of hydrogen-bond acceptors (Lipinski definition) is 6. The zero-order valence-corrected chi connectivity index (χ0v) is 17.3. The number of aliphatic hydroxyl groups is 1. The molecule has 1 unspecified atom stereocenters. The maximum Gasteiger partial charge on any atom is 0.134 e. The van der Waals surface area contributed by atoms with Gasteiger partial charge in [-0.25, -0.2) is 9.97 Å². The lowest BCUT2D eigenvalue weighted by Gasteiger charge is -2.37. The zero-order chi connectivity index (χ0) is 20.1. The highest BCUT2D eigenvalue weighted by Gasteiger charge is 2.25. The van der Waals surface area contributed by atoms with Gasteiger partial charge in [0, 0.05) is 25.7 Å². The fourth-order valence-electron chi connectivity index (χ4n) is 4.62. The first-order chi connectivity index (χ1) is 14.3. The predicted molar refractivity (Wildman–Crippen MR) is 116 cm³/mol. The van der Waals surface area contributed by atoms with Crippen molar-refractivity contribution in [1.82, 2.24) is 9.97 Å². The van der Waals surface area contributed by atoms with E-state index in [0.29, 0.717) is 5.92 Å². The van der Waals surface area contributed by atoms with E-state index >= 15 is 0 Å². The maximum atomic E-state index is 9.72. The Kier molecular flexibility index (Phi) is 6.49. The number of rotatable bonds is 6. The lowest BCUT2D eigenvalue weighted by molar-refractivity contribution is 0.239. The highest BCUT2D eigenvalue weighted by Crippen LogP contribution is 2.28. The van der Waals surface area contributed by atoms with Gasteiger partial charge in [-0.2, -0.15) is 0 Å². The van der Waals surface area contributed by atoms with Crippen molar-refractivity contribution < 1.29 is 9.84 Å². The average molecular weight is 397 g/mol. The van der Waals surface area contributed by atoms with E-state index in [0.717, 1.165) is 56.3 Å². The molecule has 1 N–H and O–H groups in total. The summed E-state index contributed by atoms with van der Waals surface area (Å²) < 4.78 is 5.25. The third-order valence-electron chi connectivity index (χ3n) is 6.39. The van der Waals surface area contributed by atoms with Gasteiger partial charge in [-0.15, -0.1) is 0 Å². The third kappa shape index (κ3) is 4.81. The van der Waals surface area contributed by atoms with Crippen LogP contribution in [0.15, 0.2) is 36.7 Å². The van der Waals surface area contributed by atoms with Crippen molar-refractivity contribution in [2.24, 2.45) is 5.92 Å². The van der Waals surface area contributed by atoms with E-state index in [1.165, 1.54) is 24.8 Å². The van der Waals surface area contributed by atoms with Crippen LogP contribution >= 0.6 is 0 Å². The van der Waals surface area contributed by atoms with Crippen LogP contribution in [-0.2, 0) is 6.42 Å². The number of methoxy groups -OCH3 is 1. The Morgan fingerprint density at radius 1 is 1.00 bits per heavy atom. The summed E-state index contributed by atoms with van der Waals surface area (Å²) in [5.41, 5.74) is 1.38. The van der Waals surface area contributed by atoms with Gasteiger partial charge in [0.1, 0.15) is 23.7 Å². The Morgan fingerprint density at radius 2 is 1.76 bits per heavy atom. The molecule has 1 aromatic carbocycles. The van der Waals surface area contributed by atoms with Gasteiger partial charge in [-0.05, 0) is 62.1 Å². The standard InChI is InChI=1S/C23H32N4O2/c1-29-21-7-5-18(6-8-21)14-19-9-12-26(13-10-19)22-15-23(25-17-24-22)27-11-3-2-4-20(27)16-28/h5-8,15,17,19-20,28H,2-4,9-14,16H2,1H3. The summed E-state index contributed by atoms with van der Waals surface area (Å²) in [5.74, 6) is 3.59. The molecule has 2 aliphatic rings. The highest BCUT2D eigenvalue weighted by atomic mass is 16.5. The van der Waals surface area contributed by atoms with Gasteiger partial charge in [0.25, 0.3) is 0 Å². The van der Waals surface area contributed by atoms with Crippen LogP contribution < -0.4 is 14.5 Å². The average Bonchev–Trinajstić information content (AvgIpc) is 2.80. The number of hydrogen-bond donors (Lipinski definition) is 1. The van der Waals surface area contributed by atoms with Crippen LogP contribution in [0.1, 0.15) is 37.7 Å². The largest absolute Gasteiger partial charge is 0.497 e. The van der Waals surface area contributed by atoms with Gasteiger partial charge in [-0.3, -0.25) is 0 Å². The van der Waals surface area contributed by atoms with E-state index in [-0.39, 0.29) is 12.6 Å². The first-order valence-corrected chi connectivity index (χ1v) is 10.8. The van der Waals surface area contributed by atoms with Crippen LogP contribution in [-0.4, -0.2) is 54.5 Å². The smallest absolute Gasteiger partial charge is 0.134 e. The quantitative estimate of drug-likeness (QED) is 0.808. The second kappa shape index (κ2) is 9.44. The van der Waals surface area contributed by atoms with Crippen LogP contribution in [0.3, 0.4) is 0 Å². The summed E-state index contributed by atoms with van der Waals surface area (Å²) in [6, 6.07) is 10.7. The van der Waals surface area contributed by atoms with Crippen molar-refractivity contribution in [3.63, 3.8) is 0 Å². The van der Waals surface area contributed by atoms with E-state index in [4.69, 9.17) is 4.74 Å². The van der Waals surface area contributed by atoms with E-state index in [1.54, 1.807) is 13.4 Å². The first kappa shape index (κ1) is 20.0. The van der Waals surface area contributed by atoms with Crippen LogP contribution in [0.4, 0.5) is 11.6 Å². The number of aliphatic hydroxyl groups excluding tert-OH is 1. The molecule has 2 aliphatic heterocycles. The van der Waals surface area contributed by atoms with Crippen LogP contribution in [0.5, 0.6) is 5.75 Å². The van der Waals surface area contributed by atoms with Gasteiger partial charge < -0.3 is 19.6 Å². The molecule has 6 nitrogen and oxygen atoms in total. The molecule has 6 heteroatoms. The van der Waals surface area contributed by atoms with Crippen molar-refractivity contribution in [3.8, 4) is 5.75 Å². The summed E-state index contributed by atoms with van der Waals surface area (Å²) in [5, 5.41) is 9.72. The number of piperidine rings is 2. The summed E-state index contributed by atoms with van der Waals surface area (Å²) in [7, 11) is 1.71. The van der Waals surface area contributed by atoms with Crippen molar-refractivity contribution in [3.05, 3.63) is 42.2 Å². The fraction of sp³-hybridized carbons (Fsp3) is 0.565. The molecule has 0 spiro atoms. The lowest BCUT2D eigenvalue weighted by atomic mass is 9.90. The lowest BCUT2D eigenvalue weighted by Crippen LogP contribution is -2.42. The van der Waals surface area contributed by atoms with Crippen molar-refractivity contribution in [1.29, 1.82) is 0 Å². The Morgan fingerprint density at radius 3 is 2.48 bits per heavy atom. The monoisotopic (exact) mass is 396 g/mol. The summed E-state index contributed by atoms with van der Waals surface area (Å²) >= 11 is 0. The molecule has 156 valence electrons. The molecule has 0 bridgehead atoms. The highest BCUT2D eigenvalue weighted by molar-refractivity contribution is 5.51. The first-order valence-electron chi connectivity index (χ1n) is 10.8. The van der Waals surface area contributed by atoms with E-state index in [2.05, 4.69) is 38.0 Å². The zero-order valence-electron chi connectivity index (χ0n) is 17.3. The van der Waals surface area contributed by atoms with E-state index in [9.17, 15) is 5.11 Å². The molecule has 2 aromatic rings. The third-order valence-corrected chi connectivity index (χ3v) is 6.39. The molecule has 2 saturated heterocycles. The molecule has 0 amide bonds. The minimum Gasteiger partial charge on any atom is -0.497 e. The van der Waals surface area contributed by atoms with Crippen LogP contribution in [0, 0.1) is 5.92 Å². The number of benzene rings is 1. The Labute approximate surface area is 173 Å². The molecular formula is C23H32N4O2. The van der Waals surface area contributed by atoms with Crippen molar-refractivity contribution >= 4 is 11.6 Å². The second-order valence-electron chi connectivity index (χ2n) is 8.24. The van der Waals surface area contributed by atoms with Gasteiger partial charge >= 0.3 is 0 Å². The van der Waals surface area contributed by atoms with Crippen molar-refractivity contribution in [2.45, 2.75) is 44.6 Å². The molecular weight excluding hydrogens is 364 g/mol. The SMILES string of the molecule is COc1ccc(CC2CCN(c3cc(N4CCCCC4CO)ncn3)CC2)cc1. The van der Waals surface area contributed by atoms with Gasteiger partial charge in [-0.1, -0.05) is 12.1 Å². The number of nitrogens with zero attached hydrogens (tertiary/aromatic N) is 4. The molecule has 1 atom stereocenters. The molecule has 1 aromatic heterocycles. The van der Waals surface area contributed by atoms with Crippen LogP contribution in [0.25, 0.3) is 0 Å². The Bertz CT molecular complexity index is 775. The number of anilines is 2. The number of ether oxygens (including phenoxy) is 1. The Balaban J connectivity index is 1.35. The topological polar surface area (TPSA) is 61.7 Å². The van der Waals surface area contributed by atoms with Gasteiger partial charge in [0.05, 0.1) is 19.8 Å². The fourth-order valence-corrected chi connectivity index (χ4v) is 4.62. The van der Waals surface area contributed by atoms with Crippen LogP contribution in [0.2, 0.25) is 0 Å². The van der Waals surface area contributed by atoms with Crippen molar-refractivity contribution in [2.75, 3.05) is 43.2 Å². The van der Waals surface area contributed by atoms with E-state index in [1.807, 2.05) is 12.1 Å². The Hall–Kier alpha value is -2.34. The molecule has 4 rings (SSSR count). The minimum atomic E-state index is 0.182. The molecule has 0 aliphatic carbocycles. The van der Waals surface area contributed by atoms with E-state index < -0.39 is 0 Å².